The second-order valence-electron chi connectivity index (χ2n) is 2.33. The molecule has 0 heterocycles. The van der Waals surface area contributed by atoms with Crippen LogP contribution in [-0.4, -0.2) is 17.7 Å². The molecule has 0 unspecified atom stereocenters. The Morgan fingerprint density at radius 2 is 1.00 bits per heavy atom. The van der Waals surface area contributed by atoms with Crippen LogP contribution in [0.5, 0.6) is 0 Å². The van der Waals surface area contributed by atoms with Crippen molar-refractivity contribution in [1.29, 1.82) is 0 Å². The first-order valence-corrected chi connectivity index (χ1v) is 3.43. The molecule has 1 fully saturated rings. The SMILES string of the molecule is O=C([O-])[O-].O=C1CCC(=O)CC1.[Na+].[Na+]. The Balaban J connectivity index is -0.000000180. The van der Waals surface area contributed by atoms with Crippen molar-refractivity contribution in [2.45, 2.75) is 25.7 Å². The Morgan fingerprint density at radius 3 is 1.14 bits per heavy atom. The average Bonchev–Trinajstić information content (AvgIpc) is 1.94. The maximum atomic E-state index is 10.5. The molecule has 0 aliphatic heterocycles. The molecule has 1 rings (SSSR count). The normalized spacial score (nSPS) is 14.0. The third kappa shape index (κ3) is 15.1. The van der Waals surface area contributed by atoms with Crippen LogP contribution >= 0.6 is 0 Å². The van der Waals surface area contributed by atoms with E-state index in [1.807, 2.05) is 0 Å². The maximum Gasteiger partial charge on any atom is 1.00 e. The van der Waals surface area contributed by atoms with Crippen molar-refractivity contribution in [3.8, 4) is 0 Å². The van der Waals surface area contributed by atoms with Crippen LogP contribution in [0.4, 0.5) is 4.79 Å². The standard InChI is InChI=1S/C6H8O2.CH2O3.2Na/c7-5-1-2-6(8)4-3-5;2-1(3)4;;/h1-4H2;(H2,2,3,4);;/q;;2*+1/p-2. The summed E-state index contributed by atoms with van der Waals surface area (Å²) in [5.41, 5.74) is 0. The zero-order chi connectivity index (χ0) is 9.56. The molecule has 1 aliphatic rings. The zero-order valence-electron chi connectivity index (χ0n) is 8.37. The van der Waals surface area contributed by atoms with E-state index in [0.29, 0.717) is 25.7 Å². The summed E-state index contributed by atoms with van der Waals surface area (Å²) in [6, 6.07) is 0. The Kier molecular flexibility index (Phi) is 16.8. The Labute approximate surface area is 126 Å². The van der Waals surface area contributed by atoms with Gasteiger partial charge in [0.05, 0.1) is 0 Å². The number of carbonyl (C=O) groups is 3. The molecular formula is C7H8Na2O5. The van der Waals surface area contributed by atoms with Crippen LogP contribution in [0.2, 0.25) is 0 Å². The number of Topliss-reactive ketones (excluding diaryl/α,β-unsaturated/α-hetero) is 2. The molecule has 7 heteroatoms. The maximum absolute atomic E-state index is 10.5. The first-order chi connectivity index (χ1) is 5.52. The van der Waals surface area contributed by atoms with E-state index < -0.39 is 6.16 Å². The van der Waals surface area contributed by atoms with Crippen molar-refractivity contribution >= 4 is 17.7 Å². The van der Waals surface area contributed by atoms with Crippen LogP contribution in [0.3, 0.4) is 0 Å². The van der Waals surface area contributed by atoms with Gasteiger partial charge in [-0.05, 0) is 6.16 Å². The number of ketones is 2. The van der Waals surface area contributed by atoms with Crippen molar-refractivity contribution in [3.05, 3.63) is 0 Å². The van der Waals surface area contributed by atoms with E-state index in [-0.39, 0.29) is 70.7 Å². The summed E-state index contributed by atoms with van der Waals surface area (Å²) >= 11 is 0. The van der Waals surface area contributed by atoms with Crippen molar-refractivity contribution in [2.24, 2.45) is 0 Å². The van der Waals surface area contributed by atoms with Crippen molar-refractivity contribution in [2.75, 3.05) is 0 Å². The molecule has 1 aliphatic carbocycles. The summed E-state index contributed by atoms with van der Waals surface area (Å²) in [5, 5.41) is 16.7. The minimum absolute atomic E-state index is 0. The van der Waals surface area contributed by atoms with E-state index in [2.05, 4.69) is 0 Å². The van der Waals surface area contributed by atoms with Crippen LogP contribution in [-0.2, 0) is 9.59 Å². The quantitative estimate of drug-likeness (QED) is 0.376. The molecule has 0 radical (unpaired) electrons. The topological polar surface area (TPSA) is 97.3 Å². The third-order valence-corrected chi connectivity index (χ3v) is 1.37. The molecule has 0 atom stereocenters. The van der Waals surface area contributed by atoms with Crippen LogP contribution in [0.1, 0.15) is 25.7 Å². The molecule has 0 bridgehead atoms. The van der Waals surface area contributed by atoms with Crippen LogP contribution in [0, 0.1) is 0 Å². The zero-order valence-corrected chi connectivity index (χ0v) is 12.4. The molecular weight excluding hydrogens is 210 g/mol. The molecule has 0 N–H and O–H groups in total. The monoisotopic (exact) mass is 218 g/mol. The summed E-state index contributed by atoms with van der Waals surface area (Å²) < 4.78 is 0. The van der Waals surface area contributed by atoms with Crippen molar-refractivity contribution in [3.63, 3.8) is 0 Å². The van der Waals surface area contributed by atoms with E-state index in [1.54, 1.807) is 0 Å². The molecule has 0 aromatic heterocycles. The van der Waals surface area contributed by atoms with Crippen molar-refractivity contribution < 1.29 is 83.7 Å². The van der Waals surface area contributed by atoms with Crippen LogP contribution < -0.4 is 69.3 Å². The molecule has 68 valence electrons. The predicted molar refractivity (Wildman–Crippen MR) is 33.9 cm³/mol. The molecule has 1 saturated carbocycles. The molecule has 0 aromatic rings. The summed E-state index contributed by atoms with van der Waals surface area (Å²) in [5.74, 6) is 0.481. The van der Waals surface area contributed by atoms with Crippen molar-refractivity contribution in [1.82, 2.24) is 0 Å². The molecule has 14 heavy (non-hydrogen) atoms. The molecule has 0 aromatic carbocycles. The minimum atomic E-state index is -2.33. The fraction of sp³-hybridized carbons (Fsp3) is 0.571. The number of carbonyl (C=O) groups excluding carboxylic acids is 3. The van der Waals surface area contributed by atoms with Gasteiger partial charge in [0.1, 0.15) is 11.6 Å². The first-order valence-electron chi connectivity index (χ1n) is 3.43. The summed E-state index contributed by atoms with van der Waals surface area (Å²) in [7, 11) is 0. The molecule has 0 saturated heterocycles. The largest absolute Gasteiger partial charge is 1.00 e. The Morgan fingerprint density at radius 1 is 0.857 bits per heavy atom. The second kappa shape index (κ2) is 11.7. The van der Waals surface area contributed by atoms with E-state index in [9.17, 15) is 9.59 Å². The van der Waals surface area contributed by atoms with Gasteiger partial charge in [-0.15, -0.1) is 0 Å². The van der Waals surface area contributed by atoms with Gasteiger partial charge in [-0.25, -0.2) is 0 Å². The van der Waals surface area contributed by atoms with Gasteiger partial charge in [0.15, 0.2) is 0 Å². The second-order valence-corrected chi connectivity index (χ2v) is 2.33. The van der Waals surface area contributed by atoms with Gasteiger partial charge in [0.25, 0.3) is 0 Å². The Hall–Kier alpha value is 0.610. The van der Waals surface area contributed by atoms with E-state index in [0.717, 1.165) is 0 Å². The average molecular weight is 218 g/mol. The number of hydrogen-bond acceptors (Lipinski definition) is 5. The van der Waals surface area contributed by atoms with E-state index in [4.69, 9.17) is 15.0 Å². The fourth-order valence-corrected chi connectivity index (χ4v) is 0.808. The van der Waals surface area contributed by atoms with Gasteiger partial charge in [-0.1, -0.05) is 0 Å². The molecule has 0 spiro atoms. The first kappa shape index (κ1) is 20.1. The van der Waals surface area contributed by atoms with Gasteiger partial charge < -0.3 is 15.0 Å². The van der Waals surface area contributed by atoms with E-state index >= 15 is 0 Å². The van der Waals surface area contributed by atoms with Gasteiger partial charge in [-0.3, -0.25) is 9.59 Å². The minimum Gasteiger partial charge on any atom is -0.652 e. The van der Waals surface area contributed by atoms with E-state index in [1.165, 1.54) is 0 Å². The van der Waals surface area contributed by atoms with Gasteiger partial charge in [0.2, 0.25) is 0 Å². The van der Waals surface area contributed by atoms with Crippen LogP contribution in [0.15, 0.2) is 0 Å². The molecule has 5 nitrogen and oxygen atoms in total. The van der Waals surface area contributed by atoms with Gasteiger partial charge in [0, 0.05) is 25.7 Å². The van der Waals surface area contributed by atoms with Gasteiger partial charge >= 0.3 is 59.1 Å². The van der Waals surface area contributed by atoms with Gasteiger partial charge in [-0.2, -0.15) is 0 Å². The number of carboxylic acid groups (broad SMARTS) is 2. The third-order valence-electron chi connectivity index (χ3n) is 1.37. The molecule has 0 amide bonds. The predicted octanol–water partition coefficient (Wildman–Crippen LogP) is -7.74. The van der Waals surface area contributed by atoms with Crippen LogP contribution in [0.25, 0.3) is 0 Å². The Bertz CT molecular complexity index is 172. The summed E-state index contributed by atoms with van der Waals surface area (Å²) in [6.07, 6.45) is -0.394. The summed E-state index contributed by atoms with van der Waals surface area (Å²) in [6.45, 7) is 0. The fourth-order valence-electron chi connectivity index (χ4n) is 0.808. The summed E-state index contributed by atoms with van der Waals surface area (Å²) in [4.78, 5) is 29.2. The smallest absolute Gasteiger partial charge is 0.652 e. The number of rotatable bonds is 0. The number of hydrogen-bond donors (Lipinski definition) is 0.